The predicted molar refractivity (Wildman–Crippen MR) is 75.3 cm³/mol. The van der Waals surface area contributed by atoms with Crippen LogP contribution in [0.1, 0.15) is 25.8 Å². The second kappa shape index (κ2) is 8.67. The zero-order valence-electron chi connectivity index (χ0n) is 11.6. The van der Waals surface area contributed by atoms with Gasteiger partial charge >= 0.3 is 5.97 Å². The summed E-state index contributed by atoms with van der Waals surface area (Å²) >= 11 is 0. The van der Waals surface area contributed by atoms with Gasteiger partial charge in [0.1, 0.15) is 6.04 Å². The Bertz CT molecular complexity index is 365. The van der Waals surface area contributed by atoms with Crippen molar-refractivity contribution in [2.24, 2.45) is 0 Å². The Kier molecular flexibility index (Phi) is 7.15. The van der Waals surface area contributed by atoms with Gasteiger partial charge in [0.25, 0.3) is 0 Å². The molecule has 0 saturated carbocycles. The van der Waals surface area contributed by atoms with Crippen molar-refractivity contribution in [1.82, 2.24) is 5.32 Å². The molecule has 1 aromatic carbocycles. The second-order valence-corrected chi connectivity index (χ2v) is 4.88. The van der Waals surface area contributed by atoms with Crippen molar-refractivity contribution in [1.29, 1.82) is 0 Å². The van der Waals surface area contributed by atoms with E-state index in [1.54, 1.807) is 0 Å². The van der Waals surface area contributed by atoms with Crippen LogP contribution in [0.25, 0.3) is 0 Å². The van der Waals surface area contributed by atoms with Gasteiger partial charge in [-0.1, -0.05) is 44.2 Å². The highest BCUT2D eigenvalue weighted by Crippen LogP contribution is 2.02. The highest BCUT2D eigenvalue weighted by Gasteiger charge is 2.17. The number of ether oxygens (including phenoxy) is 1. The van der Waals surface area contributed by atoms with Crippen LogP contribution in [-0.4, -0.2) is 36.4 Å². The number of aliphatic carboxylic acids is 1. The van der Waals surface area contributed by atoms with Crippen LogP contribution in [0.15, 0.2) is 30.3 Å². The molecular weight excluding hydrogens is 242 g/mol. The topological polar surface area (TPSA) is 58.6 Å². The van der Waals surface area contributed by atoms with Gasteiger partial charge in [0.2, 0.25) is 0 Å². The summed E-state index contributed by atoms with van der Waals surface area (Å²) in [5.74, 6) is -0.864. The van der Waals surface area contributed by atoms with Crippen LogP contribution in [-0.2, 0) is 16.0 Å². The molecule has 0 radical (unpaired) electrons. The standard InChI is InChI=1S/C15H23NO3/c1-12(2)16-14(15(17)18)11-19-10-6-9-13-7-4-3-5-8-13/h3-5,7-8,12,14,16H,6,9-11H2,1-2H3,(H,17,18). The number of aryl methyl sites for hydroxylation is 1. The zero-order valence-corrected chi connectivity index (χ0v) is 11.6. The van der Waals surface area contributed by atoms with Gasteiger partial charge in [-0.3, -0.25) is 4.79 Å². The van der Waals surface area contributed by atoms with E-state index in [1.165, 1.54) is 5.56 Å². The molecule has 0 fully saturated rings. The molecule has 0 aliphatic carbocycles. The maximum Gasteiger partial charge on any atom is 0.323 e. The van der Waals surface area contributed by atoms with E-state index in [1.807, 2.05) is 32.0 Å². The lowest BCUT2D eigenvalue weighted by molar-refractivity contribution is -0.141. The molecule has 1 unspecified atom stereocenters. The van der Waals surface area contributed by atoms with Gasteiger partial charge < -0.3 is 15.2 Å². The molecule has 0 aliphatic rings. The molecule has 1 atom stereocenters. The minimum atomic E-state index is -0.864. The summed E-state index contributed by atoms with van der Waals surface area (Å²) in [6.45, 7) is 4.64. The van der Waals surface area contributed by atoms with E-state index in [0.717, 1.165) is 12.8 Å². The number of hydrogen-bond acceptors (Lipinski definition) is 3. The highest BCUT2D eigenvalue weighted by molar-refractivity contribution is 5.73. The molecule has 2 N–H and O–H groups in total. The van der Waals surface area contributed by atoms with E-state index in [4.69, 9.17) is 9.84 Å². The van der Waals surface area contributed by atoms with E-state index < -0.39 is 12.0 Å². The van der Waals surface area contributed by atoms with E-state index in [0.29, 0.717) is 6.61 Å². The summed E-state index contributed by atoms with van der Waals surface area (Å²) in [7, 11) is 0. The Morgan fingerprint density at radius 2 is 2.00 bits per heavy atom. The third-order valence-electron chi connectivity index (χ3n) is 2.71. The van der Waals surface area contributed by atoms with Crippen molar-refractivity contribution < 1.29 is 14.6 Å². The molecule has 0 amide bonds. The Morgan fingerprint density at radius 1 is 1.32 bits per heavy atom. The summed E-state index contributed by atoms with van der Waals surface area (Å²) in [4.78, 5) is 11.0. The molecule has 4 heteroatoms. The largest absolute Gasteiger partial charge is 0.480 e. The SMILES string of the molecule is CC(C)NC(COCCCc1ccccc1)C(=O)O. The van der Waals surface area contributed by atoms with Gasteiger partial charge in [0.05, 0.1) is 6.61 Å². The molecule has 0 aliphatic heterocycles. The minimum absolute atomic E-state index is 0.133. The normalized spacial score (nSPS) is 12.6. The van der Waals surface area contributed by atoms with E-state index in [-0.39, 0.29) is 12.6 Å². The fourth-order valence-electron chi connectivity index (χ4n) is 1.82. The maximum absolute atomic E-state index is 11.0. The van der Waals surface area contributed by atoms with E-state index in [2.05, 4.69) is 17.4 Å². The quantitative estimate of drug-likeness (QED) is 0.671. The third-order valence-corrected chi connectivity index (χ3v) is 2.71. The predicted octanol–water partition coefficient (Wildman–Crippen LogP) is 2.09. The highest BCUT2D eigenvalue weighted by atomic mass is 16.5. The lowest BCUT2D eigenvalue weighted by atomic mass is 10.1. The molecular formula is C15H23NO3. The molecule has 0 heterocycles. The number of hydrogen-bond donors (Lipinski definition) is 2. The second-order valence-electron chi connectivity index (χ2n) is 4.88. The molecule has 1 aromatic rings. The monoisotopic (exact) mass is 265 g/mol. The smallest absolute Gasteiger partial charge is 0.323 e. The van der Waals surface area contributed by atoms with Gasteiger partial charge in [0, 0.05) is 12.6 Å². The Morgan fingerprint density at radius 3 is 2.58 bits per heavy atom. The van der Waals surface area contributed by atoms with Crippen LogP contribution in [0.3, 0.4) is 0 Å². The number of rotatable bonds is 9. The van der Waals surface area contributed by atoms with Gasteiger partial charge in [-0.05, 0) is 18.4 Å². The number of carboxylic acids is 1. The van der Waals surface area contributed by atoms with Crippen LogP contribution in [0, 0.1) is 0 Å². The Labute approximate surface area is 114 Å². The van der Waals surface area contributed by atoms with Gasteiger partial charge in [-0.25, -0.2) is 0 Å². The lowest BCUT2D eigenvalue weighted by Gasteiger charge is -2.17. The first-order valence-corrected chi connectivity index (χ1v) is 6.70. The molecule has 0 spiro atoms. The Balaban J connectivity index is 2.16. The first-order chi connectivity index (χ1) is 9.09. The first kappa shape index (κ1) is 15.7. The average Bonchev–Trinajstić information content (AvgIpc) is 2.37. The fraction of sp³-hybridized carbons (Fsp3) is 0.533. The van der Waals surface area contributed by atoms with Crippen molar-refractivity contribution in [3.05, 3.63) is 35.9 Å². The maximum atomic E-state index is 11.0. The number of nitrogens with one attached hydrogen (secondary N) is 1. The van der Waals surface area contributed by atoms with Crippen molar-refractivity contribution in [2.75, 3.05) is 13.2 Å². The summed E-state index contributed by atoms with van der Waals surface area (Å²) < 4.78 is 5.44. The molecule has 0 saturated heterocycles. The first-order valence-electron chi connectivity index (χ1n) is 6.70. The molecule has 19 heavy (non-hydrogen) atoms. The van der Waals surface area contributed by atoms with E-state index >= 15 is 0 Å². The summed E-state index contributed by atoms with van der Waals surface area (Å²) in [5.41, 5.74) is 1.28. The third kappa shape index (κ3) is 6.94. The van der Waals surface area contributed by atoms with Crippen molar-refractivity contribution in [2.45, 2.75) is 38.8 Å². The van der Waals surface area contributed by atoms with E-state index in [9.17, 15) is 4.79 Å². The molecule has 0 aromatic heterocycles. The molecule has 106 valence electrons. The van der Waals surface area contributed by atoms with Crippen LogP contribution in [0.2, 0.25) is 0 Å². The minimum Gasteiger partial charge on any atom is -0.480 e. The molecule has 1 rings (SSSR count). The lowest BCUT2D eigenvalue weighted by Crippen LogP contribution is -2.44. The summed E-state index contributed by atoms with van der Waals surface area (Å²) in [6, 6.07) is 9.70. The Hall–Kier alpha value is -1.39. The zero-order chi connectivity index (χ0) is 14.1. The number of benzene rings is 1. The van der Waals surface area contributed by atoms with Crippen molar-refractivity contribution in [3.63, 3.8) is 0 Å². The fourth-order valence-corrected chi connectivity index (χ4v) is 1.82. The van der Waals surface area contributed by atoms with Crippen LogP contribution < -0.4 is 5.32 Å². The van der Waals surface area contributed by atoms with Crippen LogP contribution in [0.5, 0.6) is 0 Å². The van der Waals surface area contributed by atoms with Crippen molar-refractivity contribution in [3.8, 4) is 0 Å². The van der Waals surface area contributed by atoms with Crippen LogP contribution >= 0.6 is 0 Å². The van der Waals surface area contributed by atoms with Gasteiger partial charge in [0.15, 0.2) is 0 Å². The summed E-state index contributed by atoms with van der Waals surface area (Å²) in [6.07, 6.45) is 1.86. The number of carboxylic acid groups (broad SMARTS) is 1. The molecule has 0 bridgehead atoms. The number of carbonyl (C=O) groups is 1. The molecule has 4 nitrogen and oxygen atoms in total. The average molecular weight is 265 g/mol. The summed E-state index contributed by atoms with van der Waals surface area (Å²) in [5, 5.41) is 12.0. The van der Waals surface area contributed by atoms with Crippen LogP contribution in [0.4, 0.5) is 0 Å². The van der Waals surface area contributed by atoms with Gasteiger partial charge in [-0.2, -0.15) is 0 Å². The van der Waals surface area contributed by atoms with Gasteiger partial charge in [-0.15, -0.1) is 0 Å². The van der Waals surface area contributed by atoms with Crippen molar-refractivity contribution >= 4 is 5.97 Å².